The molecule has 0 aromatic carbocycles. The van der Waals surface area contributed by atoms with Gasteiger partial charge < -0.3 is 29.3 Å². The molecule has 0 aromatic rings. The number of hydrogen-bond donors (Lipinski definition) is 4. The molecule has 0 saturated heterocycles. The van der Waals surface area contributed by atoms with Crippen LogP contribution in [0.2, 0.25) is 0 Å². The highest BCUT2D eigenvalue weighted by atomic mass is 32.2. The molecule has 0 aliphatic heterocycles. The van der Waals surface area contributed by atoms with Gasteiger partial charge in [0.25, 0.3) is 0 Å². The summed E-state index contributed by atoms with van der Waals surface area (Å²) in [5.74, 6) is 7.46. The lowest BCUT2D eigenvalue weighted by Gasteiger charge is -2.19. The Bertz CT molecular complexity index is 772. The molecule has 0 bridgehead atoms. The first-order chi connectivity index (χ1) is 15.9. The zero-order valence-electron chi connectivity index (χ0n) is 18.5. The zero-order valence-corrected chi connectivity index (χ0v) is 19.3. The molecule has 12 nitrogen and oxygen atoms in total. The lowest BCUT2D eigenvalue weighted by Crippen LogP contribution is -2.42. The first-order valence-corrected chi connectivity index (χ1v) is 12.5. The van der Waals surface area contributed by atoms with Crippen LogP contribution in [-0.2, 0) is 24.4 Å². The second kappa shape index (κ2) is 14.2. The molecule has 13 heteroatoms. The fourth-order valence-electron chi connectivity index (χ4n) is 3.79. The maximum absolute atomic E-state index is 11.9. The van der Waals surface area contributed by atoms with E-state index >= 15 is 0 Å². The van der Waals surface area contributed by atoms with Gasteiger partial charge in [0, 0.05) is 32.5 Å². The van der Waals surface area contributed by atoms with Crippen molar-refractivity contribution in [3.8, 4) is 11.8 Å². The van der Waals surface area contributed by atoms with E-state index in [4.69, 9.17) is 24.4 Å². The van der Waals surface area contributed by atoms with Gasteiger partial charge in [-0.15, -0.1) is 11.8 Å². The predicted molar refractivity (Wildman–Crippen MR) is 116 cm³/mol. The van der Waals surface area contributed by atoms with Crippen molar-refractivity contribution in [3.63, 3.8) is 0 Å². The van der Waals surface area contributed by atoms with E-state index in [1.165, 1.54) is 0 Å². The normalized spacial score (nSPS) is 21.5. The fraction of sp³-hybridized carbons (Fsp3) is 0.800. The summed E-state index contributed by atoms with van der Waals surface area (Å²) in [7, 11) is -4.09. The topological polar surface area (TPSA) is 164 Å². The molecular weight excluding hydrogens is 458 g/mol. The van der Waals surface area contributed by atoms with E-state index in [0.717, 1.165) is 30.6 Å². The molecule has 2 aliphatic carbocycles. The highest BCUT2D eigenvalue weighted by Gasteiger charge is 2.49. The number of nitrogens with zero attached hydrogens (tertiary/aromatic N) is 1. The van der Waals surface area contributed by atoms with Crippen molar-refractivity contribution in [3.05, 3.63) is 0 Å². The summed E-state index contributed by atoms with van der Waals surface area (Å²) < 4.78 is 43.0. The third-order valence-electron chi connectivity index (χ3n) is 5.45. The minimum absolute atomic E-state index is 0.0159. The van der Waals surface area contributed by atoms with Crippen LogP contribution in [0.5, 0.6) is 0 Å². The summed E-state index contributed by atoms with van der Waals surface area (Å²) in [4.78, 5) is 24.7. The van der Waals surface area contributed by atoms with E-state index in [1.54, 1.807) is 4.72 Å². The van der Waals surface area contributed by atoms with Crippen molar-refractivity contribution in [1.29, 1.82) is 0 Å². The summed E-state index contributed by atoms with van der Waals surface area (Å²) in [5, 5.41) is 17.7. The van der Waals surface area contributed by atoms with Gasteiger partial charge in [-0.1, -0.05) is 0 Å². The third kappa shape index (κ3) is 10.1. The molecule has 3 atom stereocenters. The van der Waals surface area contributed by atoms with Gasteiger partial charge in [0.05, 0.1) is 33.0 Å². The van der Waals surface area contributed by atoms with Gasteiger partial charge in [0.1, 0.15) is 6.61 Å². The monoisotopic (exact) mass is 491 g/mol. The number of hydrogen-bond acceptors (Lipinski definition) is 9. The zero-order chi connectivity index (χ0) is 24.1. The minimum atomic E-state index is -4.09. The van der Waals surface area contributed by atoms with Gasteiger partial charge >= 0.3 is 22.4 Å². The van der Waals surface area contributed by atoms with Crippen molar-refractivity contribution >= 4 is 22.4 Å². The molecule has 188 valence electrons. The van der Waals surface area contributed by atoms with Gasteiger partial charge in [-0.3, -0.25) is 0 Å². The van der Waals surface area contributed by atoms with Crippen molar-refractivity contribution in [2.45, 2.75) is 25.7 Å². The molecule has 0 radical (unpaired) electrons. The average molecular weight is 492 g/mol. The highest BCUT2D eigenvalue weighted by molar-refractivity contribution is 7.88. The number of nitrogens with one attached hydrogen (secondary N) is 2. The molecule has 33 heavy (non-hydrogen) atoms. The molecule has 2 aliphatic rings. The Balaban J connectivity index is 1.52. The van der Waals surface area contributed by atoms with E-state index in [9.17, 15) is 18.0 Å². The number of amides is 2. The molecule has 2 amide bonds. The van der Waals surface area contributed by atoms with Crippen LogP contribution in [0.3, 0.4) is 0 Å². The van der Waals surface area contributed by atoms with Crippen LogP contribution in [-0.4, -0.2) is 95.0 Å². The first kappa shape index (κ1) is 27.1. The van der Waals surface area contributed by atoms with Crippen molar-refractivity contribution in [1.82, 2.24) is 14.3 Å². The molecule has 1 fully saturated rings. The first-order valence-electron chi connectivity index (χ1n) is 11.0. The van der Waals surface area contributed by atoms with E-state index < -0.39 is 22.4 Å². The fourth-order valence-corrected chi connectivity index (χ4v) is 4.50. The van der Waals surface area contributed by atoms with Gasteiger partial charge in [-0.25, -0.2) is 14.3 Å². The quantitative estimate of drug-likeness (QED) is 0.184. The summed E-state index contributed by atoms with van der Waals surface area (Å²) in [6.07, 6.45) is 1.93. The van der Waals surface area contributed by atoms with Crippen LogP contribution in [0.4, 0.5) is 9.59 Å². The lowest BCUT2D eigenvalue weighted by molar-refractivity contribution is 0.0502. The summed E-state index contributed by atoms with van der Waals surface area (Å²) in [6, 6.07) is 0. The summed E-state index contributed by atoms with van der Waals surface area (Å²) >= 11 is 0. The molecule has 0 aromatic heterocycles. The van der Waals surface area contributed by atoms with Gasteiger partial charge in [-0.2, -0.15) is 13.1 Å². The van der Waals surface area contributed by atoms with E-state index in [-0.39, 0.29) is 65.2 Å². The molecular formula is C20H33N3O9S. The van der Waals surface area contributed by atoms with Gasteiger partial charge in [0.2, 0.25) is 0 Å². The molecule has 0 spiro atoms. The van der Waals surface area contributed by atoms with Crippen LogP contribution in [0.1, 0.15) is 25.7 Å². The minimum Gasteiger partial charge on any atom is -0.449 e. The number of carbonyl (C=O) groups excluding carboxylic acids is 2. The maximum atomic E-state index is 11.9. The molecule has 0 heterocycles. The Morgan fingerprint density at radius 1 is 0.970 bits per heavy atom. The Labute approximate surface area is 194 Å². The number of rotatable bonds is 14. The highest BCUT2D eigenvalue weighted by Crippen LogP contribution is 2.52. The van der Waals surface area contributed by atoms with Crippen LogP contribution in [0.25, 0.3) is 0 Å². The second-order valence-electron chi connectivity index (χ2n) is 7.68. The smallest absolute Gasteiger partial charge is 0.421 e. The number of fused-ring (bicyclic) bond motifs is 1. The van der Waals surface area contributed by atoms with Crippen LogP contribution < -0.4 is 9.44 Å². The SMILES string of the molecule is O=C(NS(=O)(=O)NCCOCCOC(=O)N(CCO)CCO)OC[C@@H]1[C@@H]2CCC#CCC[C@@H]21. The Morgan fingerprint density at radius 2 is 1.61 bits per heavy atom. The number of aliphatic hydroxyl groups is 2. The molecule has 1 saturated carbocycles. The Hall–Kier alpha value is -2.11. The maximum Gasteiger partial charge on any atom is 0.421 e. The van der Waals surface area contributed by atoms with Gasteiger partial charge in [-0.05, 0) is 30.6 Å². The standard InChI is InChI=1S/C20H33N3O9S/c24-10-8-23(9-11-25)20(27)31-14-13-30-12-7-21-33(28,29)22-19(26)32-15-18-16-5-3-1-2-4-6-17(16)18/h16-18,21,24-25H,3-15H2,(H,22,26)/t16-,17+,18-. The Morgan fingerprint density at radius 3 is 2.21 bits per heavy atom. The third-order valence-corrected chi connectivity index (χ3v) is 6.47. The molecule has 4 N–H and O–H groups in total. The van der Waals surface area contributed by atoms with E-state index in [0.29, 0.717) is 11.8 Å². The molecule has 0 unspecified atom stereocenters. The number of ether oxygens (including phenoxy) is 3. The van der Waals surface area contributed by atoms with Crippen molar-refractivity contribution in [2.24, 2.45) is 17.8 Å². The summed E-state index contributed by atoms with van der Waals surface area (Å²) in [6.45, 7) is -0.450. The molecule has 2 rings (SSSR count). The number of carbonyl (C=O) groups is 2. The van der Waals surface area contributed by atoms with Crippen molar-refractivity contribution in [2.75, 3.05) is 59.3 Å². The number of aliphatic hydroxyl groups excluding tert-OH is 2. The van der Waals surface area contributed by atoms with Crippen LogP contribution in [0, 0.1) is 29.6 Å². The predicted octanol–water partition coefficient (Wildman–Crippen LogP) is -0.574. The lowest BCUT2D eigenvalue weighted by atomic mass is 10.1. The van der Waals surface area contributed by atoms with Crippen LogP contribution in [0.15, 0.2) is 0 Å². The van der Waals surface area contributed by atoms with Gasteiger partial charge in [0.15, 0.2) is 0 Å². The summed E-state index contributed by atoms with van der Waals surface area (Å²) in [5.41, 5.74) is 0. The van der Waals surface area contributed by atoms with Crippen molar-refractivity contribution < 1.29 is 42.4 Å². The largest absolute Gasteiger partial charge is 0.449 e. The van der Waals surface area contributed by atoms with E-state index in [1.807, 2.05) is 0 Å². The Kier molecular flexibility index (Phi) is 11.7. The second-order valence-corrected chi connectivity index (χ2v) is 9.18. The van der Waals surface area contributed by atoms with Crippen LogP contribution >= 0.6 is 0 Å². The van der Waals surface area contributed by atoms with E-state index in [2.05, 4.69) is 16.6 Å². The average Bonchev–Trinajstić information content (AvgIpc) is 3.39.